The van der Waals surface area contributed by atoms with Crippen molar-refractivity contribution in [3.05, 3.63) is 59.2 Å². The predicted molar refractivity (Wildman–Crippen MR) is 95.5 cm³/mol. The summed E-state index contributed by atoms with van der Waals surface area (Å²) in [6, 6.07) is 13.6. The van der Waals surface area contributed by atoms with E-state index in [1.165, 1.54) is 0 Å². The first-order chi connectivity index (χ1) is 11.5. The zero-order chi connectivity index (χ0) is 17.5. The fourth-order valence-electron chi connectivity index (χ4n) is 2.46. The van der Waals surface area contributed by atoms with Crippen LogP contribution in [-0.2, 0) is 11.3 Å². The molecule has 128 valence electrons. The van der Waals surface area contributed by atoms with Crippen molar-refractivity contribution >= 4 is 5.91 Å². The monoisotopic (exact) mass is 327 g/mol. The maximum absolute atomic E-state index is 12.2. The molecule has 0 unspecified atom stereocenters. The third kappa shape index (κ3) is 5.30. The van der Waals surface area contributed by atoms with E-state index in [4.69, 9.17) is 9.47 Å². The summed E-state index contributed by atoms with van der Waals surface area (Å²) in [4.78, 5) is 12.2. The Labute approximate surface area is 143 Å². The maximum Gasteiger partial charge on any atom is 0.261 e. The number of nitrogens with one attached hydrogen (secondary N) is 1. The van der Waals surface area contributed by atoms with Crippen LogP contribution in [0, 0.1) is 13.8 Å². The van der Waals surface area contributed by atoms with E-state index in [0.29, 0.717) is 13.2 Å². The number of hydrogen-bond donors (Lipinski definition) is 1. The Morgan fingerprint density at radius 1 is 1.04 bits per heavy atom. The molecule has 0 saturated carbocycles. The van der Waals surface area contributed by atoms with E-state index in [0.717, 1.165) is 28.2 Å². The summed E-state index contributed by atoms with van der Waals surface area (Å²) in [7, 11) is 0. The molecule has 0 spiro atoms. The molecule has 4 nitrogen and oxygen atoms in total. The molecule has 0 aliphatic carbocycles. The van der Waals surface area contributed by atoms with E-state index in [1.54, 1.807) is 6.92 Å². The van der Waals surface area contributed by atoms with Crippen molar-refractivity contribution in [2.45, 2.75) is 40.3 Å². The van der Waals surface area contributed by atoms with Crippen LogP contribution >= 0.6 is 0 Å². The van der Waals surface area contributed by atoms with Crippen molar-refractivity contribution in [2.75, 3.05) is 6.61 Å². The van der Waals surface area contributed by atoms with Crippen LogP contribution in [0.1, 0.15) is 30.5 Å². The molecule has 0 aliphatic heterocycles. The van der Waals surface area contributed by atoms with Gasteiger partial charge in [-0.25, -0.2) is 0 Å². The summed E-state index contributed by atoms with van der Waals surface area (Å²) in [5.41, 5.74) is 3.25. The minimum atomic E-state index is -0.547. The second kappa shape index (κ2) is 8.39. The Kier molecular flexibility index (Phi) is 6.24. The fourth-order valence-corrected chi connectivity index (χ4v) is 2.46. The lowest BCUT2D eigenvalue weighted by Crippen LogP contribution is -2.35. The van der Waals surface area contributed by atoms with E-state index < -0.39 is 6.10 Å². The third-order valence-electron chi connectivity index (χ3n) is 3.58. The summed E-state index contributed by atoms with van der Waals surface area (Å²) >= 11 is 0. The molecular formula is C20H25NO3. The minimum Gasteiger partial charge on any atom is -0.494 e. The van der Waals surface area contributed by atoms with Gasteiger partial charge >= 0.3 is 0 Å². The number of carbonyl (C=O) groups excluding carboxylic acids is 1. The average Bonchev–Trinajstić information content (AvgIpc) is 2.53. The van der Waals surface area contributed by atoms with Crippen molar-refractivity contribution in [3.63, 3.8) is 0 Å². The largest absolute Gasteiger partial charge is 0.494 e. The first kappa shape index (κ1) is 17.9. The first-order valence-electron chi connectivity index (χ1n) is 8.22. The molecule has 0 fully saturated rings. The first-order valence-corrected chi connectivity index (χ1v) is 8.22. The highest BCUT2D eigenvalue weighted by Crippen LogP contribution is 2.18. The number of rotatable bonds is 7. The van der Waals surface area contributed by atoms with Gasteiger partial charge < -0.3 is 14.8 Å². The van der Waals surface area contributed by atoms with Gasteiger partial charge in [0, 0.05) is 6.54 Å². The van der Waals surface area contributed by atoms with Gasteiger partial charge in [0.25, 0.3) is 5.91 Å². The lowest BCUT2D eigenvalue weighted by Gasteiger charge is -2.16. The van der Waals surface area contributed by atoms with Gasteiger partial charge in [-0.2, -0.15) is 0 Å². The predicted octanol–water partition coefficient (Wildman–Crippen LogP) is 3.79. The van der Waals surface area contributed by atoms with Gasteiger partial charge in [-0.3, -0.25) is 4.79 Å². The zero-order valence-corrected chi connectivity index (χ0v) is 14.8. The van der Waals surface area contributed by atoms with E-state index in [9.17, 15) is 4.79 Å². The molecular weight excluding hydrogens is 302 g/mol. The summed E-state index contributed by atoms with van der Waals surface area (Å²) in [6.07, 6.45) is -0.547. The van der Waals surface area contributed by atoms with Gasteiger partial charge in [-0.1, -0.05) is 18.2 Å². The molecule has 0 heterocycles. The quantitative estimate of drug-likeness (QED) is 0.842. The van der Waals surface area contributed by atoms with E-state index in [-0.39, 0.29) is 5.91 Å². The van der Waals surface area contributed by atoms with Crippen LogP contribution in [0.4, 0.5) is 0 Å². The molecule has 1 N–H and O–H groups in total. The normalized spacial score (nSPS) is 11.7. The summed E-state index contributed by atoms with van der Waals surface area (Å²) in [6.45, 7) is 8.83. The highest BCUT2D eigenvalue weighted by atomic mass is 16.5. The molecule has 0 radical (unpaired) electrons. The van der Waals surface area contributed by atoms with Crippen molar-refractivity contribution in [3.8, 4) is 11.5 Å². The van der Waals surface area contributed by atoms with E-state index >= 15 is 0 Å². The molecule has 2 aromatic rings. The summed E-state index contributed by atoms with van der Waals surface area (Å²) in [5.74, 6) is 1.42. The number of benzene rings is 2. The summed E-state index contributed by atoms with van der Waals surface area (Å²) in [5, 5.41) is 2.89. The van der Waals surface area contributed by atoms with Crippen LogP contribution in [-0.4, -0.2) is 18.6 Å². The van der Waals surface area contributed by atoms with Gasteiger partial charge in [0.15, 0.2) is 6.10 Å². The Bertz CT molecular complexity index is 660. The molecule has 0 aromatic heterocycles. The lowest BCUT2D eigenvalue weighted by atomic mass is 10.1. The highest BCUT2D eigenvalue weighted by Gasteiger charge is 2.14. The van der Waals surface area contributed by atoms with Crippen LogP contribution < -0.4 is 14.8 Å². The molecule has 1 amide bonds. The lowest BCUT2D eigenvalue weighted by molar-refractivity contribution is -0.127. The van der Waals surface area contributed by atoms with Crippen molar-refractivity contribution in [2.24, 2.45) is 0 Å². The molecule has 2 rings (SSSR count). The van der Waals surface area contributed by atoms with Crippen LogP contribution in [0.2, 0.25) is 0 Å². The molecule has 4 heteroatoms. The fraction of sp³-hybridized carbons (Fsp3) is 0.350. The summed E-state index contributed by atoms with van der Waals surface area (Å²) < 4.78 is 11.1. The number of ether oxygens (including phenoxy) is 2. The number of aryl methyl sites for hydroxylation is 2. The average molecular weight is 327 g/mol. The van der Waals surface area contributed by atoms with Gasteiger partial charge in [0.05, 0.1) is 6.61 Å². The maximum atomic E-state index is 12.2. The minimum absolute atomic E-state index is 0.136. The molecule has 24 heavy (non-hydrogen) atoms. The van der Waals surface area contributed by atoms with Crippen molar-refractivity contribution in [1.29, 1.82) is 0 Å². The molecule has 0 aliphatic rings. The van der Waals surface area contributed by atoms with Crippen LogP contribution in [0.25, 0.3) is 0 Å². The number of carbonyl (C=O) groups is 1. The Morgan fingerprint density at radius 2 is 1.67 bits per heavy atom. The number of amides is 1. The second-order valence-electron chi connectivity index (χ2n) is 5.88. The smallest absolute Gasteiger partial charge is 0.261 e. The van der Waals surface area contributed by atoms with Gasteiger partial charge in [-0.15, -0.1) is 0 Å². The number of hydrogen-bond acceptors (Lipinski definition) is 3. The van der Waals surface area contributed by atoms with Crippen molar-refractivity contribution < 1.29 is 14.3 Å². The second-order valence-corrected chi connectivity index (χ2v) is 5.88. The highest BCUT2D eigenvalue weighted by molar-refractivity contribution is 5.80. The molecule has 0 bridgehead atoms. The molecule has 0 saturated heterocycles. The Morgan fingerprint density at radius 3 is 2.25 bits per heavy atom. The standard InChI is InChI=1S/C20H25NO3/c1-5-23-18-8-6-17(7-9-18)13-21-20(22)16(4)24-19-11-14(2)10-15(3)12-19/h6-12,16H,5,13H2,1-4H3,(H,21,22)/t16-/m1/s1. The van der Waals surface area contributed by atoms with E-state index in [2.05, 4.69) is 11.4 Å². The van der Waals surface area contributed by atoms with E-state index in [1.807, 2.05) is 57.2 Å². The molecule has 2 aromatic carbocycles. The van der Waals surface area contributed by atoms with Crippen LogP contribution in [0.15, 0.2) is 42.5 Å². The van der Waals surface area contributed by atoms with Gasteiger partial charge in [0.1, 0.15) is 11.5 Å². The van der Waals surface area contributed by atoms with Crippen molar-refractivity contribution in [1.82, 2.24) is 5.32 Å². The topological polar surface area (TPSA) is 47.6 Å². The Hall–Kier alpha value is -2.49. The van der Waals surface area contributed by atoms with Crippen LogP contribution in [0.5, 0.6) is 11.5 Å². The third-order valence-corrected chi connectivity index (χ3v) is 3.58. The van der Waals surface area contributed by atoms with Crippen LogP contribution in [0.3, 0.4) is 0 Å². The van der Waals surface area contributed by atoms with Gasteiger partial charge in [0.2, 0.25) is 0 Å². The molecule has 1 atom stereocenters. The van der Waals surface area contributed by atoms with Gasteiger partial charge in [-0.05, 0) is 68.7 Å². The zero-order valence-electron chi connectivity index (χ0n) is 14.8. The SMILES string of the molecule is CCOc1ccc(CNC(=O)[C@@H](C)Oc2cc(C)cc(C)c2)cc1. The Balaban J connectivity index is 1.87.